The summed E-state index contributed by atoms with van der Waals surface area (Å²) >= 11 is 0. The molecule has 0 spiro atoms. The predicted molar refractivity (Wildman–Crippen MR) is 157 cm³/mol. The topological polar surface area (TPSA) is 38.3 Å². The van der Waals surface area contributed by atoms with E-state index in [9.17, 15) is 4.79 Å². The van der Waals surface area contributed by atoms with Gasteiger partial charge in [0.05, 0.1) is 25.6 Å². The fourth-order valence-electron chi connectivity index (χ4n) is 7.38. The number of hydrogen-bond donors (Lipinski definition) is 1. The lowest BCUT2D eigenvalue weighted by molar-refractivity contribution is -0.948. The van der Waals surface area contributed by atoms with Gasteiger partial charge in [-0.2, -0.15) is 0 Å². The predicted octanol–water partition coefficient (Wildman–Crippen LogP) is 4.58. The molecule has 5 heteroatoms. The molecule has 0 radical (unpaired) electrons. The highest BCUT2D eigenvalue weighted by atomic mass is 127. The highest BCUT2D eigenvalue weighted by Gasteiger charge is 2.39. The summed E-state index contributed by atoms with van der Waals surface area (Å²) in [5.74, 6) is 2.18. The van der Waals surface area contributed by atoms with Crippen LogP contribution in [0.4, 0.5) is 0 Å². The Kier molecular flexibility index (Phi) is 9.84. The average Bonchev–Trinajstić information content (AvgIpc) is 2.95. The van der Waals surface area contributed by atoms with Crippen LogP contribution in [0.15, 0.2) is 78.9 Å². The first kappa shape index (κ1) is 29.1. The van der Waals surface area contributed by atoms with E-state index in [-0.39, 0.29) is 41.8 Å². The van der Waals surface area contributed by atoms with Crippen molar-refractivity contribution in [2.45, 2.75) is 76.3 Å². The second-order valence-corrected chi connectivity index (χ2v) is 12.2. The van der Waals surface area contributed by atoms with Crippen LogP contribution in [0.1, 0.15) is 80.4 Å². The Labute approximate surface area is 257 Å². The number of amides is 1. The van der Waals surface area contributed by atoms with E-state index in [0.717, 1.165) is 61.0 Å². The van der Waals surface area contributed by atoms with Crippen LogP contribution in [0.3, 0.4) is 0 Å². The van der Waals surface area contributed by atoms with E-state index in [1.807, 2.05) is 48.5 Å². The van der Waals surface area contributed by atoms with E-state index in [4.69, 9.17) is 4.74 Å². The third kappa shape index (κ3) is 6.73. The molecule has 2 fully saturated rings. The summed E-state index contributed by atoms with van der Waals surface area (Å²) in [4.78, 5) is 13.9. The molecular weight excluding hydrogens is 607 g/mol. The van der Waals surface area contributed by atoms with E-state index in [1.54, 1.807) is 0 Å². The summed E-state index contributed by atoms with van der Waals surface area (Å²) in [6.07, 6.45) is 11.9. The van der Waals surface area contributed by atoms with Gasteiger partial charge in [-0.1, -0.05) is 98.8 Å². The van der Waals surface area contributed by atoms with Gasteiger partial charge in [-0.3, -0.25) is 4.79 Å². The quantitative estimate of drug-likeness (QED) is 0.314. The Bertz CT molecular complexity index is 1200. The van der Waals surface area contributed by atoms with Crippen molar-refractivity contribution in [2.24, 2.45) is 5.92 Å². The zero-order chi connectivity index (χ0) is 26.5. The summed E-state index contributed by atoms with van der Waals surface area (Å²) in [6.45, 7) is 4.67. The van der Waals surface area contributed by atoms with Crippen LogP contribution >= 0.6 is 0 Å². The number of rotatable bonds is 6. The first-order chi connectivity index (χ1) is 19.2. The molecule has 4 nitrogen and oxygen atoms in total. The molecule has 1 aliphatic carbocycles. The molecule has 1 amide bonds. The zero-order valence-corrected chi connectivity index (χ0v) is 25.7. The number of hydrogen-bond acceptors (Lipinski definition) is 2. The summed E-state index contributed by atoms with van der Waals surface area (Å²) < 4.78 is 7.31. The van der Waals surface area contributed by atoms with Crippen molar-refractivity contribution in [2.75, 3.05) is 19.6 Å². The summed E-state index contributed by atoms with van der Waals surface area (Å²) in [7, 11) is 0. The maximum absolute atomic E-state index is 13.9. The summed E-state index contributed by atoms with van der Waals surface area (Å²) in [6, 6.07) is 27.3. The van der Waals surface area contributed by atoms with Crippen LogP contribution in [0.2, 0.25) is 0 Å². The largest absolute Gasteiger partial charge is 1.00 e. The molecule has 3 aromatic carbocycles. The molecule has 3 aliphatic rings. The van der Waals surface area contributed by atoms with Gasteiger partial charge in [0.15, 0.2) is 0 Å². The van der Waals surface area contributed by atoms with Crippen LogP contribution in [0, 0.1) is 5.92 Å². The van der Waals surface area contributed by atoms with Gasteiger partial charge in [0.1, 0.15) is 18.0 Å². The van der Waals surface area contributed by atoms with Gasteiger partial charge in [0.25, 0.3) is 0 Å². The van der Waals surface area contributed by atoms with Gasteiger partial charge in [0, 0.05) is 41.5 Å². The Hall–Kier alpha value is -2.38. The van der Waals surface area contributed by atoms with Crippen LogP contribution in [0.5, 0.6) is 11.5 Å². The first-order valence-corrected chi connectivity index (χ1v) is 15.2. The van der Waals surface area contributed by atoms with Gasteiger partial charge in [-0.05, 0) is 25.0 Å². The molecule has 2 aliphatic heterocycles. The number of likely N-dealkylation sites (tertiary alicyclic amines) is 1. The number of carbonyl (C=O) groups is 1. The third-order valence-electron chi connectivity index (χ3n) is 9.42. The SMILES string of the molecule is O=C(NC1CC[N+](Cc2ccccc2)(CC2CCCCCCC2)CC1)C1c2ccccc2Oc2ccccc21.[I-]. The number of nitrogens with one attached hydrogen (secondary N) is 1. The molecule has 40 heavy (non-hydrogen) atoms. The van der Waals surface area contributed by atoms with Crippen molar-refractivity contribution in [1.29, 1.82) is 0 Å². The van der Waals surface area contributed by atoms with E-state index in [1.165, 1.54) is 61.5 Å². The van der Waals surface area contributed by atoms with Crippen molar-refractivity contribution in [3.05, 3.63) is 95.6 Å². The molecule has 0 atom stereocenters. The summed E-state index contributed by atoms with van der Waals surface area (Å²) in [5.41, 5.74) is 3.37. The first-order valence-electron chi connectivity index (χ1n) is 15.2. The fraction of sp³-hybridized carbons (Fsp3) is 0.457. The monoisotopic (exact) mass is 650 g/mol. The molecule has 3 aromatic rings. The Morgan fingerprint density at radius 3 is 1.90 bits per heavy atom. The number of piperidine rings is 1. The standard InChI is InChI=1S/C35H42N2O2.HI/c38-35(34-30-17-9-11-19-32(30)39-33-20-12-10-18-31(33)34)36-29-21-23-37(24-22-29,26-28-15-7-4-8-16-28)25-27-13-5-2-1-3-6-14-27;/h4,7-12,15-20,27,29,34H,1-3,5-6,13-14,21-26H2;1H. The molecule has 1 N–H and O–H groups in total. The lowest BCUT2D eigenvalue weighted by atomic mass is 9.86. The number of benzene rings is 3. The van der Waals surface area contributed by atoms with Crippen LogP contribution in [0.25, 0.3) is 0 Å². The summed E-state index contributed by atoms with van der Waals surface area (Å²) in [5, 5.41) is 3.49. The Balaban J connectivity index is 0.00000323. The second-order valence-electron chi connectivity index (χ2n) is 12.2. The fourth-order valence-corrected chi connectivity index (χ4v) is 7.38. The minimum Gasteiger partial charge on any atom is -1.00 e. The number of para-hydroxylation sites is 2. The smallest absolute Gasteiger partial charge is 0.232 e. The minimum absolute atomic E-state index is 0. The van der Waals surface area contributed by atoms with E-state index < -0.39 is 0 Å². The number of ether oxygens (including phenoxy) is 1. The maximum Gasteiger partial charge on any atom is 0.232 e. The normalized spacial score (nSPS) is 23.4. The zero-order valence-electron chi connectivity index (χ0n) is 23.6. The van der Waals surface area contributed by atoms with Crippen molar-refractivity contribution in [3.63, 3.8) is 0 Å². The molecule has 0 unspecified atom stereocenters. The third-order valence-corrected chi connectivity index (χ3v) is 9.42. The lowest BCUT2D eigenvalue weighted by Crippen LogP contribution is -3.00. The lowest BCUT2D eigenvalue weighted by Gasteiger charge is -2.46. The molecule has 0 bridgehead atoms. The van der Waals surface area contributed by atoms with Crippen molar-refractivity contribution < 1.29 is 38.0 Å². The number of halogens is 1. The minimum atomic E-state index is -0.327. The number of quaternary nitrogens is 1. The number of fused-ring (bicyclic) bond motifs is 2. The second kappa shape index (κ2) is 13.5. The van der Waals surface area contributed by atoms with Gasteiger partial charge in [0.2, 0.25) is 5.91 Å². The van der Waals surface area contributed by atoms with Crippen molar-refractivity contribution in [3.8, 4) is 11.5 Å². The molecule has 2 heterocycles. The van der Waals surface area contributed by atoms with Gasteiger partial charge < -0.3 is 38.5 Å². The molecule has 1 saturated carbocycles. The van der Waals surface area contributed by atoms with E-state index in [2.05, 4.69) is 35.6 Å². The van der Waals surface area contributed by atoms with Crippen LogP contribution in [-0.4, -0.2) is 36.1 Å². The number of nitrogens with zero attached hydrogens (tertiary/aromatic N) is 1. The van der Waals surface area contributed by atoms with Gasteiger partial charge in [-0.25, -0.2) is 0 Å². The van der Waals surface area contributed by atoms with Crippen LogP contribution < -0.4 is 34.0 Å². The van der Waals surface area contributed by atoms with Crippen molar-refractivity contribution in [1.82, 2.24) is 5.32 Å². The Morgan fingerprint density at radius 1 is 0.725 bits per heavy atom. The van der Waals surface area contributed by atoms with Crippen molar-refractivity contribution >= 4 is 5.91 Å². The number of carbonyl (C=O) groups excluding carboxylic acids is 1. The Morgan fingerprint density at radius 2 is 1.27 bits per heavy atom. The van der Waals surface area contributed by atoms with E-state index in [0.29, 0.717) is 0 Å². The molecule has 0 aromatic heterocycles. The molecule has 1 saturated heterocycles. The average molecular weight is 651 g/mol. The van der Waals surface area contributed by atoms with Crippen LogP contribution in [-0.2, 0) is 11.3 Å². The highest BCUT2D eigenvalue weighted by Crippen LogP contribution is 2.44. The molecule has 212 valence electrons. The van der Waals surface area contributed by atoms with Gasteiger partial charge in [-0.15, -0.1) is 0 Å². The maximum atomic E-state index is 13.9. The highest BCUT2D eigenvalue weighted by molar-refractivity contribution is 5.89. The molecule has 6 rings (SSSR count). The van der Waals surface area contributed by atoms with E-state index >= 15 is 0 Å². The molecular formula is C35H43IN2O2. The van der Waals surface area contributed by atoms with Gasteiger partial charge >= 0.3 is 0 Å².